The van der Waals surface area contributed by atoms with Crippen molar-refractivity contribution in [2.24, 2.45) is 11.8 Å². The van der Waals surface area contributed by atoms with Crippen LogP contribution in [-0.4, -0.2) is 0 Å². The standard InChI is InChI=1S/C10H17N/c1-8(2)5-10(7-11)6-9(3)4/h9-10H,1,5-6H2,2-4H3. The first-order valence-electron chi connectivity index (χ1n) is 4.10. The highest BCUT2D eigenvalue weighted by molar-refractivity contribution is 4.97. The second kappa shape index (κ2) is 4.96. The molecule has 1 atom stereocenters. The summed E-state index contributed by atoms with van der Waals surface area (Å²) in [5, 5.41) is 8.73. The lowest BCUT2D eigenvalue weighted by Gasteiger charge is -2.10. The lowest BCUT2D eigenvalue weighted by Crippen LogP contribution is -2.02. The van der Waals surface area contributed by atoms with Crippen LogP contribution in [0.3, 0.4) is 0 Å². The lowest BCUT2D eigenvalue weighted by molar-refractivity contribution is 0.480. The SMILES string of the molecule is C=C(C)CC(C#N)CC(C)C. The molecule has 62 valence electrons. The van der Waals surface area contributed by atoms with Gasteiger partial charge in [-0.05, 0) is 25.7 Å². The molecule has 0 saturated heterocycles. The van der Waals surface area contributed by atoms with Crippen LogP contribution in [0, 0.1) is 23.2 Å². The van der Waals surface area contributed by atoms with E-state index in [9.17, 15) is 0 Å². The van der Waals surface area contributed by atoms with Crippen molar-refractivity contribution >= 4 is 0 Å². The van der Waals surface area contributed by atoms with E-state index in [0.717, 1.165) is 18.4 Å². The summed E-state index contributed by atoms with van der Waals surface area (Å²) in [4.78, 5) is 0. The molecule has 11 heavy (non-hydrogen) atoms. The fourth-order valence-electron chi connectivity index (χ4n) is 1.17. The molecule has 0 saturated carbocycles. The molecular weight excluding hydrogens is 134 g/mol. The van der Waals surface area contributed by atoms with E-state index in [1.54, 1.807) is 0 Å². The van der Waals surface area contributed by atoms with Crippen molar-refractivity contribution in [2.45, 2.75) is 33.6 Å². The van der Waals surface area contributed by atoms with Crippen LogP contribution < -0.4 is 0 Å². The predicted octanol–water partition coefficient (Wildman–Crippen LogP) is 3.14. The molecule has 0 radical (unpaired) electrons. The Morgan fingerprint density at radius 1 is 1.55 bits per heavy atom. The normalized spacial score (nSPS) is 12.6. The molecule has 1 heteroatoms. The second-order valence-corrected chi connectivity index (χ2v) is 3.62. The largest absolute Gasteiger partial charge is 0.198 e. The van der Waals surface area contributed by atoms with Gasteiger partial charge in [0.1, 0.15) is 0 Å². The van der Waals surface area contributed by atoms with Crippen molar-refractivity contribution < 1.29 is 0 Å². The van der Waals surface area contributed by atoms with Gasteiger partial charge in [-0.15, -0.1) is 6.58 Å². The van der Waals surface area contributed by atoms with Gasteiger partial charge in [0.05, 0.1) is 12.0 Å². The zero-order valence-electron chi connectivity index (χ0n) is 7.72. The number of hydrogen-bond donors (Lipinski definition) is 0. The maximum absolute atomic E-state index is 8.73. The van der Waals surface area contributed by atoms with Crippen molar-refractivity contribution in [3.8, 4) is 6.07 Å². The van der Waals surface area contributed by atoms with E-state index in [1.165, 1.54) is 0 Å². The number of rotatable bonds is 4. The molecule has 0 heterocycles. The average Bonchev–Trinajstić information content (AvgIpc) is 1.84. The Kier molecular flexibility index (Phi) is 4.61. The van der Waals surface area contributed by atoms with Gasteiger partial charge in [-0.3, -0.25) is 0 Å². The van der Waals surface area contributed by atoms with Crippen LogP contribution in [0.4, 0.5) is 0 Å². The quantitative estimate of drug-likeness (QED) is 0.566. The first-order valence-corrected chi connectivity index (χ1v) is 4.10. The maximum atomic E-state index is 8.73. The fraction of sp³-hybridized carbons (Fsp3) is 0.700. The Morgan fingerprint density at radius 2 is 2.09 bits per heavy atom. The number of nitrogens with zero attached hydrogens (tertiary/aromatic N) is 1. The molecule has 0 aromatic carbocycles. The molecule has 0 aliphatic rings. The topological polar surface area (TPSA) is 23.8 Å². The van der Waals surface area contributed by atoms with Crippen LogP contribution in [0.1, 0.15) is 33.6 Å². The molecule has 0 spiro atoms. The Bertz CT molecular complexity index is 162. The highest BCUT2D eigenvalue weighted by Gasteiger charge is 2.08. The van der Waals surface area contributed by atoms with Crippen molar-refractivity contribution in [3.05, 3.63) is 12.2 Å². The van der Waals surface area contributed by atoms with Gasteiger partial charge >= 0.3 is 0 Å². The summed E-state index contributed by atoms with van der Waals surface area (Å²) >= 11 is 0. The Hall–Kier alpha value is -0.770. The maximum Gasteiger partial charge on any atom is 0.0659 e. The summed E-state index contributed by atoms with van der Waals surface area (Å²) in [5.74, 6) is 0.784. The van der Waals surface area contributed by atoms with E-state index < -0.39 is 0 Å². The molecule has 0 fully saturated rings. The van der Waals surface area contributed by atoms with Crippen LogP contribution in [0.5, 0.6) is 0 Å². The second-order valence-electron chi connectivity index (χ2n) is 3.62. The van der Waals surface area contributed by atoms with Crippen LogP contribution in [0.15, 0.2) is 12.2 Å². The molecule has 0 aliphatic heterocycles. The van der Waals surface area contributed by atoms with Gasteiger partial charge in [0.15, 0.2) is 0 Å². The highest BCUT2D eigenvalue weighted by Crippen LogP contribution is 2.17. The molecule has 0 rings (SSSR count). The van der Waals surface area contributed by atoms with E-state index in [4.69, 9.17) is 5.26 Å². The summed E-state index contributed by atoms with van der Waals surface area (Å²) in [5.41, 5.74) is 1.11. The Morgan fingerprint density at radius 3 is 2.36 bits per heavy atom. The minimum Gasteiger partial charge on any atom is -0.198 e. The molecule has 0 aromatic rings. The van der Waals surface area contributed by atoms with Crippen LogP contribution >= 0.6 is 0 Å². The fourth-order valence-corrected chi connectivity index (χ4v) is 1.17. The van der Waals surface area contributed by atoms with Gasteiger partial charge < -0.3 is 0 Å². The summed E-state index contributed by atoms with van der Waals surface area (Å²) in [6, 6.07) is 2.30. The van der Waals surface area contributed by atoms with Gasteiger partial charge in [0.2, 0.25) is 0 Å². The summed E-state index contributed by atoms with van der Waals surface area (Å²) in [6.07, 6.45) is 1.85. The molecular formula is C10H17N. The van der Waals surface area contributed by atoms with E-state index in [-0.39, 0.29) is 5.92 Å². The average molecular weight is 151 g/mol. The summed E-state index contributed by atoms with van der Waals surface area (Å²) in [7, 11) is 0. The van der Waals surface area contributed by atoms with Crippen LogP contribution in [0.25, 0.3) is 0 Å². The minimum atomic E-state index is 0.174. The van der Waals surface area contributed by atoms with E-state index in [2.05, 4.69) is 26.5 Å². The molecule has 1 nitrogen and oxygen atoms in total. The number of nitriles is 1. The van der Waals surface area contributed by atoms with E-state index in [1.807, 2.05) is 6.92 Å². The third kappa shape index (κ3) is 5.66. The molecule has 0 amide bonds. The summed E-state index contributed by atoms with van der Waals surface area (Å²) < 4.78 is 0. The van der Waals surface area contributed by atoms with Crippen molar-refractivity contribution in [2.75, 3.05) is 0 Å². The molecule has 0 aliphatic carbocycles. The Balaban J connectivity index is 3.79. The van der Waals surface area contributed by atoms with Gasteiger partial charge in [-0.2, -0.15) is 5.26 Å². The van der Waals surface area contributed by atoms with Crippen molar-refractivity contribution in [1.29, 1.82) is 5.26 Å². The first kappa shape index (κ1) is 10.2. The zero-order valence-corrected chi connectivity index (χ0v) is 7.72. The predicted molar refractivity (Wildman–Crippen MR) is 48.0 cm³/mol. The zero-order chi connectivity index (χ0) is 8.85. The Labute approximate surface area is 69.7 Å². The van der Waals surface area contributed by atoms with Gasteiger partial charge in [-0.1, -0.05) is 19.4 Å². The minimum absolute atomic E-state index is 0.174. The number of hydrogen-bond acceptors (Lipinski definition) is 1. The van der Waals surface area contributed by atoms with Gasteiger partial charge in [-0.25, -0.2) is 0 Å². The molecule has 0 aromatic heterocycles. The van der Waals surface area contributed by atoms with E-state index >= 15 is 0 Å². The van der Waals surface area contributed by atoms with Crippen LogP contribution in [0.2, 0.25) is 0 Å². The van der Waals surface area contributed by atoms with Gasteiger partial charge in [0, 0.05) is 0 Å². The lowest BCUT2D eigenvalue weighted by atomic mass is 9.93. The van der Waals surface area contributed by atoms with Gasteiger partial charge in [0.25, 0.3) is 0 Å². The third-order valence-corrected chi connectivity index (χ3v) is 1.53. The highest BCUT2D eigenvalue weighted by atomic mass is 14.3. The van der Waals surface area contributed by atoms with Crippen LogP contribution in [-0.2, 0) is 0 Å². The molecule has 1 unspecified atom stereocenters. The third-order valence-electron chi connectivity index (χ3n) is 1.53. The first-order chi connectivity index (χ1) is 5.06. The molecule has 0 N–H and O–H groups in total. The van der Waals surface area contributed by atoms with Crippen molar-refractivity contribution in [3.63, 3.8) is 0 Å². The monoisotopic (exact) mass is 151 g/mol. The van der Waals surface area contributed by atoms with E-state index in [0.29, 0.717) is 5.92 Å². The van der Waals surface area contributed by atoms with Crippen molar-refractivity contribution in [1.82, 2.24) is 0 Å². The summed E-state index contributed by atoms with van der Waals surface area (Å²) in [6.45, 7) is 10.1. The molecule has 0 bridgehead atoms. The number of allylic oxidation sites excluding steroid dienone is 1. The smallest absolute Gasteiger partial charge is 0.0659 e.